The molecule has 124 valence electrons. The Kier molecular flexibility index (Phi) is 5.41. The zero-order valence-corrected chi connectivity index (χ0v) is 15.4. The molecule has 2 saturated heterocycles. The first-order valence-corrected chi connectivity index (χ1v) is 9.11. The van der Waals surface area contributed by atoms with E-state index < -0.39 is 0 Å². The molecule has 2 rings (SSSR count). The minimum absolute atomic E-state index is 0.499. The molecule has 0 bridgehead atoms. The number of hydrogen-bond donors (Lipinski definition) is 0. The van der Waals surface area contributed by atoms with Crippen LogP contribution in [0.4, 0.5) is 0 Å². The van der Waals surface area contributed by atoms with Crippen molar-refractivity contribution in [1.29, 1.82) is 0 Å². The van der Waals surface area contributed by atoms with Crippen LogP contribution in [0.2, 0.25) is 0 Å². The van der Waals surface area contributed by atoms with Crippen LogP contribution in [0.25, 0.3) is 0 Å². The fourth-order valence-electron chi connectivity index (χ4n) is 3.92. The van der Waals surface area contributed by atoms with Crippen molar-refractivity contribution in [3.8, 4) is 0 Å². The van der Waals surface area contributed by atoms with Crippen molar-refractivity contribution >= 4 is 0 Å². The van der Waals surface area contributed by atoms with E-state index in [-0.39, 0.29) is 0 Å². The molecule has 2 heteroatoms. The Hall–Kier alpha value is -0.0800. The van der Waals surface area contributed by atoms with Gasteiger partial charge in [0.25, 0.3) is 0 Å². The topological polar surface area (TPSA) is 6.48 Å². The summed E-state index contributed by atoms with van der Waals surface area (Å²) >= 11 is 0. The van der Waals surface area contributed by atoms with Crippen molar-refractivity contribution in [3.63, 3.8) is 0 Å². The molecular weight excluding hydrogens is 256 g/mol. The SMILES string of the molecule is CC(C)(C)CCCN1CC(N2CCC(C(C)(C)C)CC2)C1. The largest absolute Gasteiger partial charge is 0.300 e. The summed E-state index contributed by atoms with van der Waals surface area (Å²) in [5.74, 6) is 0.928. The highest BCUT2D eigenvalue weighted by molar-refractivity contribution is 4.91. The number of piperidine rings is 1. The highest BCUT2D eigenvalue weighted by Crippen LogP contribution is 2.35. The third-order valence-corrected chi connectivity index (χ3v) is 5.61. The molecule has 0 radical (unpaired) electrons. The molecular formula is C19H38N2. The molecule has 0 aromatic rings. The highest BCUT2D eigenvalue weighted by Gasteiger charge is 2.35. The zero-order chi connectivity index (χ0) is 15.7. The van der Waals surface area contributed by atoms with Gasteiger partial charge >= 0.3 is 0 Å². The van der Waals surface area contributed by atoms with Crippen LogP contribution in [-0.2, 0) is 0 Å². The first kappa shape index (κ1) is 17.3. The highest BCUT2D eigenvalue weighted by atomic mass is 15.3. The molecule has 0 spiro atoms. The maximum Gasteiger partial charge on any atom is 0.0350 e. The summed E-state index contributed by atoms with van der Waals surface area (Å²) in [5, 5.41) is 0. The van der Waals surface area contributed by atoms with Gasteiger partial charge < -0.3 is 4.90 Å². The average Bonchev–Trinajstić information content (AvgIpc) is 2.30. The van der Waals surface area contributed by atoms with E-state index in [4.69, 9.17) is 0 Å². The number of rotatable bonds is 4. The second-order valence-corrected chi connectivity index (χ2v) is 9.75. The predicted octanol–water partition coefficient (Wildman–Crippen LogP) is 4.26. The van der Waals surface area contributed by atoms with Crippen LogP contribution >= 0.6 is 0 Å². The van der Waals surface area contributed by atoms with Crippen molar-refractivity contribution in [3.05, 3.63) is 0 Å². The maximum absolute atomic E-state index is 2.77. The van der Waals surface area contributed by atoms with Crippen molar-refractivity contribution < 1.29 is 0 Å². The van der Waals surface area contributed by atoms with Crippen LogP contribution in [0, 0.1) is 16.7 Å². The molecule has 2 aliphatic heterocycles. The van der Waals surface area contributed by atoms with Gasteiger partial charge in [0.15, 0.2) is 0 Å². The molecule has 0 aromatic carbocycles. The summed E-state index contributed by atoms with van der Waals surface area (Å²) in [5.41, 5.74) is 1.00. The summed E-state index contributed by atoms with van der Waals surface area (Å²) in [6.45, 7) is 20.9. The molecule has 0 aliphatic carbocycles. The summed E-state index contributed by atoms with van der Waals surface area (Å²) in [7, 11) is 0. The Morgan fingerprint density at radius 1 is 0.905 bits per heavy atom. The van der Waals surface area contributed by atoms with E-state index in [1.165, 1.54) is 58.4 Å². The van der Waals surface area contributed by atoms with E-state index in [9.17, 15) is 0 Å². The van der Waals surface area contributed by atoms with Crippen LogP contribution in [0.15, 0.2) is 0 Å². The van der Waals surface area contributed by atoms with Crippen LogP contribution in [0.5, 0.6) is 0 Å². The summed E-state index contributed by atoms with van der Waals surface area (Å²) in [4.78, 5) is 5.43. The monoisotopic (exact) mass is 294 g/mol. The van der Waals surface area contributed by atoms with E-state index in [1.54, 1.807) is 0 Å². The Bertz CT molecular complexity index is 309. The van der Waals surface area contributed by atoms with Gasteiger partial charge in [-0.3, -0.25) is 4.90 Å². The first-order valence-electron chi connectivity index (χ1n) is 9.11. The summed E-state index contributed by atoms with van der Waals surface area (Å²) < 4.78 is 0. The molecule has 2 heterocycles. The maximum atomic E-state index is 2.77. The Morgan fingerprint density at radius 3 is 1.95 bits per heavy atom. The van der Waals surface area contributed by atoms with Crippen LogP contribution in [0.1, 0.15) is 67.2 Å². The normalized spacial score (nSPS) is 24.3. The smallest absolute Gasteiger partial charge is 0.0350 e. The van der Waals surface area contributed by atoms with E-state index in [0.29, 0.717) is 10.8 Å². The lowest BCUT2D eigenvalue weighted by Gasteiger charge is -2.49. The van der Waals surface area contributed by atoms with Crippen molar-refractivity contribution in [2.24, 2.45) is 16.7 Å². The van der Waals surface area contributed by atoms with Gasteiger partial charge in [0.2, 0.25) is 0 Å². The third-order valence-electron chi connectivity index (χ3n) is 5.61. The van der Waals surface area contributed by atoms with Crippen LogP contribution in [0.3, 0.4) is 0 Å². The van der Waals surface area contributed by atoms with Gasteiger partial charge in [-0.2, -0.15) is 0 Å². The van der Waals surface area contributed by atoms with Crippen molar-refractivity contribution in [2.75, 3.05) is 32.7 Å². The lowest BCUT2D eigenvalue weighted by Crippen LogP contribution is -2.61. The zero-order valence-electron chi connectivity index (χ0n) is 15.4. The van der Waals surface area contributed by atoms with Gasteiger partial charge in [-0.25, -0.2) is 0 Å². The molecule has 0 saturated carbocycles. The minimum atomic E-state index is 0.499. The summed E-state index contributed by atoms with van der Waals surface area (Å²) in [6, 6.07) is 0.862. The second kappa shape index (κ2) is 6.58. The van der Waals surface area contributed by atoms with E-state index in [1.807, 2.05) is 0 Å². The fraction of sp³-hybridized carbons (Fsp3) is 1.00. The summed E-state index contributed by atoms with van der Waals surface area (Å²) in [6.07, 6.45) is 5.53. The lowest BCUT2D eigenvalue weighted by atomic mass is 9.75. The standard InChI is InChI=1S/C19H38N2/c1-18(2,3)10-7-11-20-14-17(15-20)21-12-8-16(9-13-21)19(4,5)6/h16-17H,7-15H2,1-6H3. The predicted molar refractivity (Wildman–Crippen MR) is 92.7 cm³/mol. The molecule has 0 N–H and O–H groups in total. The van der Waals surface area contributed by atoms with E-state index in [0.717, 1.165) is 12.0 Å². The Labute approximate surface area is 133 Å². The first-order chi connectivity index (χ1) is 9.65. The van der Waals surface area contributed by atoms with Crippen LogP contribution in [-0.4, -0.2) is 48.6 Å². The molecule has 2 fully saturated rings. The minimum Gasteiger partial charge on any atom is -0.300 e. The molecule has 0 unspecified atom stereocenters. The molecule has 2 nitrogen and oxygen atoms in total. The average molecular weight is 295 g/mol. The number of hydrogen-bond acceptors (Lipinski definition) is 2. The Morgan fingerprint density at radius 2 is 1.48 bits per heavy atom. The van der Waals surface area contributed by atoms with Gasteiger partial charge in [-0.15, -0.1) is 0 Å². The molecule has 2 aliphatic rings. The van der Waals surface area contributed by atoms with Gasteiger partial charge in [0.1, 0.15) is 0 Å². The van der Waals surface area contributed by atoms with Gasteiger partial charge in [0, 0.05) is 19.1 Å². The van der Waals surface area contributed by atoms with Gasteiger partial charge in [0.05, 0.1) is 0 Å². The lowest BCUT2D eigenvalue weighted by molar-refractivity contribution is 0.000349. The van der Waals surface area contributed by atoms with Gasteiger partial charge in [-0.1, -0.05) is 41.5 Å². The van der Waals surface area contributed by atoms with Crippen LogP contribution < -0.4 is 0 Å². The Balaban J connectivity index is 1.61. The quantitative estimate of drug-likeness (QED) is 0.764. The molecule has 0 atom stereocenters. The number of nitrogens with zero attached hydrogens (tertiary/aromatic N) is 2. The molecule has 0 aromatic heterocycles. The second-order valence-electron chi connectivity index (χ2n) is 9.75. The fourth-order valence-corrected chi connectivity index (χ4v) is 3.92. The van der Waals surface area contributed by atoms with Crippen molar-refractivity contribution in [1.82, 2.24) is 9.80 Å². The number of likely N-dealkylation sites (tertiary alicyclic amines) is 2. The molecule has 21 heavy (non-hydrogen) atoms. The third kappa shape index (κ3) is 5.25. The van der Waals surface area contributed by atoms with E-state index >= 15 is 0 Å². The van der Waals surface area contributed by atoms with Gasteiger partial charge in [-0.05, 0) is 62.1 Å². The molecule has 0 amide bonds. The van der Waals surface area contributed by atoms with Crippen molar-refractivity contribution in [2.45, 2.75) is 73.3 Å². The van der Waals surface area contributed by atoms with E-state index in [2.05, 4.69) is 51.3 Å².